The molecule has 2 aromatic heterocycles. The molecule has 38 heavy (non-hydrogen) atoms. The number of aryl methyl sites for hydroxylation is 1. The molecule has 0 aliphatic carbocycles. The highest BCUT2D eigenvalue weighted by molar-refractivity contribution is 6.07. The van der Waals surface area contributed by atoms with Crippen molar-refractivity contribution in [3.8, 4) is 28.8 Å². The van der Waals surface area contributed by atoms with Gasteiger partial charge in [0.05, 0.1) is 29.4 Å². The maximum Gasteiger partial charge on any atom is 0.426 e. The Hall–Kier alpha value is -4.90. The highest BCUT2D eigenvalue weighted by Crippen LogP contribution is 2.29. The fraction of sp³-hybridized carbons (Fsp3) is 0.200. The Balaban J connectivity index is 1.65. The number of nitrogens with one attached hydrogen (secondary N) is 2. The van der Waals surface area contributed by atoms with Crippen molar-refractivity contribution >= 4 is 22.9 Å². The van der Waals surface area contributed by atoms with Gasteiger partial charge in [0.1, 0.15) is 11.4 Å². The molecule has 2 heterocycles. The number of rotatable bonds is 3. The summed E-state index contributed by atoms with van der Waals surface area (Å²) in [4.78, 5) is 33.9. The molecule has 0 aliphatic heterocycles. The number of hydrogen-bond acceptors (Lipinski definition) is 6. The van der Waals surface area contributed by atoms with E-state index in [4.69, 9.17) is 14.5 Å². The summed E-state index contributed by atoms with van der Waals surface area (Å²) >= 11 is 0. The molecule has 8 heteroatoms. The van der Waals surface area contributed by atoms with Gasteiger partial charge < -0.3 is 9.47 Å². The van der Waals surface area contributed by atoms with Crippen LogP contribution in [0.1, 0.15) is 47.8 Å². The van der Waals surface area contributed by atoms with Crippen molar-refractivity contribution in [1.82, 2.24) is 20.8 Å². The number of amides is 2. The predicted octanol–water partition coefficient (Wildman–Crippen LogP) is 5.18. The van der Waals surface area contributed by atoms with Gasteiger partial charge in [-0.25, -0.2) is 15.2 Å². The van der Waals surface area contributed by atoms with Crippen molar-refractivity contribution in [1.29, 1.82) is 0 Å². The van der Waals surface area contributed by atoms with Crippen LogP contribution < -0.4 is 15.6 Å². The standard InChI is InChI=1S/C30H28N4O4/c1-19-6-8-20(9-7-19)10-11-21-12-13-22(16-27(21)37-5)26-17-23(24-18-31-15-14-25(24)32-26)28(35)33-34-29(36)38-30(2,3)4/h6-9,12-18H,1-5H3,(H,33,35)(H,34,36). The van der Waals surface area contributed by atoms with Crippen LogP contribution in [-0.4, -0.2) is 34.7 Å². The number of hydrogen-bond donors (Lipinski definition) is 2. The second-order valence-electron chi connectivity index (χ2n) is 9.56. The van der Waals surface area contributed by atoms with Crippen molar-refractivity contribution in [3.63, 3.8) is 0 Å². The summed E-state index contributed by atoms with van der Waals surface area (Å²) in [6.07, 6.45) is 2.39. The van der Waals surface area contributed by atoms with E-state index in [-0.39, 0.29) is 5.56 Å². The summed E-state index contributed by atoms with van der Waals surface area (Å²) in [5.41, 5.74) is 8.91. The SMILES string of the molecule is COc1cc(-c2cc(C(=O)NNC(=O)OC(C)(C)C)c3cnccc3n2)ccc1C#Cc1ccc(C)cc1. The molecule has 0 bridgehead atoms. The zero-order chi connectivity index (χ0) is 27.3. The van der Waals surface area contributed by atoms with E-state index in [0.717, 1.165) is 16.7 Å². The first kappa shape index (κ1) is 26.2. The van der Waals surface area contributed by atoms with Gasteiger partial charge in [-0.15, -0.1) is 0 Å². The average Bonchev–Trinajstić information content (AvgIpc) is 2.89. The fourth-order valence-electron chi connectivity index (χ4n) is 3.61. The van der Waals surface area contributed by atoms with Gasteiger partial charge in [0.25, 0.3) is 5.91 Å². The van der Waals surface area contributed by atoms with E-state index in [1.165, 1.54) is 5.56 Å². The zero-order valence-corrected chi connectivity index (χ0v) is 21.9. The number of methoxy groups -OCH3 is 1. The normalized spacial score (nSPS) is 10.8. The van der Waals surface area contributed by atoms with Crippen LogP contribution in [0.25, 0.3) is 22.2 Å². The number of pyridine rings is 2. The van der Waals surface area contributed by atoms with Crippen molar-refractivity contribution in [2.45, 2.75) is 33.3 Å². The Bertz CT molecular complexity index is 1560. The molecule has 2 amide bonds. The zero-order valence-electron chi connectivity index (χ0n) is 21.9. The monoisotopic (exact) mass is 508 g/mol. The lowest BCUT2D eigenvalue weighted by atomic mass is 10.0. The van der Waals surface area contributed by atoms with Gasteiger partial charge in [-0.05, 0) is 64.1 Å². The van der Waals surface area contributed by atoms with E-state index in [1.54, 1.807) is 52.4 Å². The van der Waals surface area contributed by atoms with E-state index < -0.39 is 17.6 Å². The molecule has 0 saturated heterocycles. The van der Waals surface area contributed by atoms with Gasteiger partial charge in [0.15, 0.2) is 0 Å². The Morgan fingerprint density at radius 1 is 0.947 bits per heavy atom. The molecule has 192 valence electrons. The van der Waals surface area contributed by atoms with E-state index >= 15 is 0 Å². The van der Waals surface area contributed by atoms with Gasteiger partial charge in [-0.1, -0.05) is 35.6 Å². The molecule has 4 rings (SSSR count). The van der Waals surface area contributed by atoms with Gasteiger partial charge in [0, 0.05) is 28.9 Å². The Morgan fingerprint density at radius 3 is 2.42 bits per heavy atom. The number of carbonyl (C=O) groups excluding carboxylic acids is 2. The minimum absolute atomic E-state index is 0.288. The van der Waals surface area contributed by atoms with Crippen LogP contribution in [0.4, 0.5) is 4.79 Å². The molecule has 0 atom stereocenters. The number of carbonyl (C=O) groups is 2. The summed E-state index contributed by atoms with van der Waals surface area (Å²) in [6.45, 7) is 7.23. The summed E-state index contributed by atoms with van der Waals surface area (Å²) < 4.78 is 10.8. The Kier molecular flexibility index (Phi) is 7.58. The van der Waals surface area contributed by atoms with Crippen LogP contribution in [0.15, 0.2) is 67.0 Å². The summed E-state index contributed by atoms with van der Waals surface area (Å²) in [5, 5.41) is 0.535. The van der Waals surface area contributed by atoms with E-state index in [1.807, 2.05) is 49.4 Å². The first-order valence-corrected chi connectivity index (χ1v) is 11.9. The third-order valence-corrected chi connectivity index (χ3v) is 5.42. The van der Waals surface area contributed by atoms with Gasteiger partial charge in [-0.3, -0.25) is 15.2 Å². The second kappa shape index (κ2) is 11.0. The number of benzene rings is 2. The molecule has 0 radical (unpaired) electrons. The number of fused-ring (bicyclic) bond motifs is 1. The van der Waals surface area contributed by atoms with Crippen LogP contribution in [-0.2, 0) is 4.74 Å². The van der Waals surface area contributed by atoms with Crippen LogP contribution in [0.3, 0.4) is 0 Å². The third-order valence-electron chi connectivity index (χ3n) is 5.42. The van der Waals surface area contributed by atoms with Crippen LogP contribution in [0.5, 0.6) is 5.75 Å². The van der Waals surface area contributed by atoms with Crippen molar-refractivity contribution < 1.29 is 19.1 Å². The molecule has 2 aromatic carbocycles. The lowest BCUT2D eigenvalue weighted by Crippen LogP contribution is -2.44. The molecule has 2 N–H and O–H groups in total. The third kappa shape index (κ3) is 6.45. The molecule has 8 nitrogen and oxygen atoms in total. The number of ether oxygens (including phenoxy) is 2. The van der Waals surface area contributed by atoms with E-state index in [0.29, 0.717) is 22.3 Å². The van der Waals surface area contributed by atoms with Gasteiger partial charge in [-0.2, -0.15) is 0 Å². The Morgan fingerprint density at radius 2 is 1.71 bits per heavy atom. The highest BCUT2D eigenvalue weighted by atomic mass is 16.6. The molecule has 0 aliphatic rings. The number of hydrazine groups is 1. The molecule has 4 aromatic rings. The van der Waals surface area contributed by atoms with Crippen molar-refractivity contribution in [2.24, 2.45) is 0 Å². The first-order chi connectivity index (χ1) is 18.1. The molecule has 0 spiro atoms. The lowest BCUT2D eigenvalue weighted by Gasteiger charge is -2.20. The molecule has 0 fully saturated rings. The quantitative estimate of drug-likeness (QED) is 0.292. The first-order valence-electron chi connectivity index (χ1n) is 11.9. The summed E-state index contributed by atoms with van der Waals surface area (Å²) in [5.74, 6) is 6.36. The lowest BCUT2D eigenvalue weighted by molar-refractivity contribution is 0.0483. The molecular formula is C30H28N4O4. The van der Waals surface area contributed by atoms with E-state index in [2.05, 4.69) is 27.7 Å². The predicted molar refractivity (Wildman–Crippen MR) is 146 cm³/mol. The van der Waals surface area contributed by atoms with Crippen LogP contribution in [0.2, 0.25) is 0 Å². The highest BCUT2D eigenvalue weighted by Gasteiger charge is 2.19. The second-order valence-corrected chi connectivity index (χ2v) is 9.56. The van der Waals surface area contributed by atoms with Crippen LogP contribution >= 0.6 is 0 Å². The van der Waals surface area contributed by atoms with E-state index in [9.17, 15) is 9.59 Å². The molecule has 0 unspecified atom stereocenters. The molecular weight excluding hydrogens is 480 g/mol. The number of aromatic nitrogens is 2. The van der Waals surface area contributed by atoms with Gasteiger partial charge in [0.2, 0.25) is 0 Å². The fourth-order valence-corrected chi connectivity index (χ4v) is 3.61. The minimum atomic E-state index is -0.769. The molecule has 0 saturated carbocycles. The summed E-state index contributed by atoms with van der Waals surface area (Å²) in [6, 6.07) is 16.9. The Labute approximate surface area is 221 Å². The smallest absolute Gasteiger partial charge is 0.426 e. The van der Waals surface area contributed by atoms with Gasteiger partial charge >= 0.3 is 6.09 Å². The number of nitrogens with zero attached hydrogens (tertiary/aromatic N) is 2. The van der Waals surface area contributed by atoms with Crippen molar-refractivity contribution in [2.75, 3.05) is 7.11 Å². The largest absolute Gasteiger partial charge is 0.495 e. The summed E-state index contributed by atoms with van der Waals surface area (Å²) in [7, 11) is 1.58. The topological polar surface area (TPSA) is 102 Å². The average molecular weight is 509 g/mol. The maximum atomic E-state index is 13.1. The van der Waals surface area contributed by atoms with Crippen LogP contribution in [0, 0.1) is 18.8 Å². The minimum Gasteiger partial charge on any atom is -0.495 e. The maximum absolute atomic E-state index is 13.1. The van der Waals surface area contributed by atoms with Crippen molar-refractivity contribution in [3.05, 3.63) is 89.2 Å².